The molecule has 0 heterocycles. The summed E-state index contributed by atoms with van der Waals surface area (Å²) in [6, 6.07) is 4.27. The van der Waals surface area contributed by atoms with Crippen molar-refractivity contribution in [2.75, 3.05) is 11.9 Å². The normalized spacial score (nSPS) is 23.6. The van der Waals surface area contributed by atoms with E-state index in [-0.39, 0.29) is 5.69 Å². The number of rotatable bonds is 3. The van der Waals surface area contributed by atoms with Crippen LogP contribution in [0.3, 0.4) is 0 Å². The molecule has 0 aliphatic heterocycles. The predicted molar refractivity (Wildman–Crippen MR) is 78.8 cm³/mol. The SMILES string of the molecule is CC1CCCCC1CNc1ccc(Br)cc1C(F)(F)F. The Morgan fingerprint density at radius 1 is 1.25 bits per heavy atom. The molecule has 112 valence electrons. The van der Waals surface area contributed by atoms with Gasteiger partial charge >= 0.3 is 6.18 Å². The summed E-state index contributed by atoms with van der Waals surface area (Å²) in [7, 11) is 0. The summed E-state index contributed by atoms with van der Waals surface area (Å²) >= 11 is 3.10. The van der Waals surface area contributed by atoms with Gasteiger partial charge in [-0.25, -0.2) is 0 Å². The van der Waals surface area contributed by atoms with Crippen LogP contribution in [0.25, 0.3) is 0 Å². The Labute approximate surface area is 126 Å². The van der Waals surface area contributed by atoms with Gasteiger partial charge in [0.05, 0.1) is 5.56 Å². The summed E-state index contributed by atoms with van der Waals surface area (Å²) in [6.45, 7) is 2.81. The Bertz CT molecular complexity index is 459. The van der Waals surface area contributed by atoms with E-state index in [4.69, 9.17) is 0 Å². The molecule has 0 radical (unpaired) electrons. The zero-order valence-corrected chi connectivity index (χ0v) is 13.0. The van der Waals surface area contributed by atoms with Crippen molar-refractivity contribution in [3.63, 3.8) is 0 Å². The van der Waals surface area contributed by atoms with Crippen molar-refractivity contribution in [1.29, 1.82) is 0 Å². The number of anilines is 1. The largest absolute Gasteiger partial charge is 0.418 e. The van der Waals surface area contributed by atoms with Crippen molar-refractivity contribution in [3.8, 4) is 0 Å². The highest BCUT2D eigenvalue weighted by molar-refractivity contribution is 9.10. The van der Waals surface area contributed by atoms with Crippen LogP contribution in [0.15, 0.2) is 22.7 Å². The lowest BCUT2D eigenvalue weighted by atomic mass is 9.80. The highest BCUT2D eigenvalue weighted by Gasteiger charge is 2.34. The average molecular weight is 350 g/mol. The van der Waals surface area contributed by atoms with Gasteiger partial charge in [-0.15, -0.1) is 0 Å². The van der Waals surface area contributed by atoms with Gasteiger partial charge in [-0.1, -0.05) is 42.1 Å². The first-order valence-corrected chi connectivity index (χ1v) is 7.78. The minimum Gasteiger partial charge on any atom is -0.384 e. The monoisotopic (exact) mass is 349 g/mol. The molecule has 0 saturated heterocycles. The van der Waals surface area contributed by atoms with Crippen LogP contribution in [-0.2, 0) is 6.18 Å². The summed E-state index contributed by atoms with van der Waals surface area (Å²) in [5.74, 6) is 1.05. The average Bonchev–Trinajstić information content (AvgIpc) is 2.38. The van der Waals surface area contributed by atoms with Gasteiger partial charge in [-0.05, 0) is 36.5 Å². The third-order valence-electron chi connectivity index (χ3n) is 4.13. The number of hydrogen-bond donors (Lipinski definition) is 1. The summed E-state index contributed by atoms with van der Waals surface area (Å²) in [6.07, 6.45) is 0.377. The van der Waals surface area contributed by atoms with Crippen LogP contribution < -0.4 is 5.32 Å². The van der Waals surface area contributed by atoms with Crippen LogP contribution in [0.4, 0.5) is 18.9 Å². The van der Waals surface area contributed by atoms with Crippen LogP contribution in [-0.4, -0.2) is 6.54 Å². The van der Waals surface area contributed by atoms with Gasteiger partial charge in [-0.2, -0.15) is 13.2 Å². The van der Waals surface area contributed by atoms with Crippen molar-refractivity contribution in [1.82, 2.24) is 0 Å². The van der Waals surface area contributed by atoms with Crippen LogP contribution in [0.2, 0.25) is 0 Å². The third kappa shape index (κ3) is 3.90. The van der Waals surface area contributed by atoms with Gasteiger partial charge in [0.15, 0.2) is 0 Å². The van der Waals surface area contributed by atoms with E-state index >= 15 is 0 Å². The molecule has 0 spiro atoms. The molecule has 1 fully saturated rings. The Balaban J connectivity index is 2.09. The maximum atomic E-state index is 13.0. The molecule has 1 nitrogen and oxygen atoms in total. The molecule has 1 aliphatic rings. The minimum absolute atomic E-state index is 0.179. The fourth-order valence-electron chi connectivity index (χ4n) is 2.84. The number of alkyl halides is 3. The molecule has 1 aliphatic carbocycles. The molecule has 20 heavy (non-hydrogen) atoms. The van der Waals surface area contributed by atoms with E-state index in [1.165, 1.54) is 25.3 Å². The van der Waals surface area contributed by atoms with Gasteiger partial charge in [-0.3, -0.25) is 0 Å². The highest BCUT2D eigenvalue weighted by Crippen LogP contribution is 2.37. The Morgan fingerprint density at radius 3 is 2.60 bits per heavy atom. The predicted octanol–water partition coefficient (Wildman–Crippen LogP) is 5.71. The molecule has 0 aromatic heterocycles. The summed E-state index contributed by atoms with van der Waals surface area (Å²) < 4.78 is 39.5. The van der Waals surface area contributed by atoms with Gasteiger partial charge in [0.2, 0.25) is 0 Å². The zero-order valence-electron chi connectivity index (χ0n) is 11.4. The first kappa shape index (κ1) is 15.7. The molecular weight excluding hydrogens is 331 g/mol. The molecule has 5 heteroatoms. The first-order valence-electron chi connectivity index (χ1n) is 6.98. The molecular formula is C15H19BrF3N. The quantitative estimate of drug-likeness (QED) is 0.737. The zero-order chi connectivity index (χ0) is 14.8. The van der Waals surface area contributed by atoms with Crippen LogP contribution in [0, 0.1) is 11.8 Å². The Kier molecular flexibility index (Phi) is 4.99. The van der Waals surface area contributed by atoms with Crippen molar-refractivity contribution in [2.45, 2.75) is 38.8 Å². The van der Waals surface area contributed by atoms with Crippen LogP contribution in [0.1, 0.15) is 38.2 Å². The Morgan fingerprint density at radius 2 is 1.95 bits per heavy atom. The lowest BCUT2D eigenvalue weighted by Crippen LogP contribution is -2.25. The molecule has 0 bridgehead atoms. The summed E-state index contributed by atoms with van der Waals surface area (Å²) in [5, 5.41) is 3.01. The van der Waals surface area contributed by atoms with E-state index in [0.29, 0.717) is 22.9 Å². The molecule has 1 aromatic carbocycles. The van der Waals surface area contributed by atoms with E-state index in [0.717, 1.165) is 12.5 Å². The van der Waals surface area contributed by atoms with E-state index in [9.17, 15) is 13.2 Å². The lowest BCUT2D eigenvalue weighted by Gasteiger charge is -2.29. The fourth-order valence-corrected chi connectivity index (χ4v) is 3.20. The lowest BCUT2D eigenvalue weighted by molar-refractivity contribution is -0.137. The van der Waals surface area contributed by atoms with Gasteiger partial charge < -0.3 is 5.32 Å². The van der Waals surface area contributed by atoms with Crippen molar-refractivity contribution < 1.29 is 13.2 Å². The molecule has 2 unspecified atom stereocenters. The first-order chi connectivity index (χ1) is 9.38. The topological polar surface area (TPSA) is 12.0 Å². The third-order valence-corrected chi connectivity index (χ3v) is 4.62. The maximum absolute atomic E-state index is 13.0. The molecule has 2 atom stereocenters. The minimum atomic E-state index is -4.33. The highest BCUT2D eigenvalue weighted by atomic mass is 79.9. The fraction of sp³-hybridized carbons (Fsp3) is 0.600. The van der Waals surface area contributed by atoms with Crippen molar-refractivity contribution >= 4 is 21.6 Å². The molecule has 0 amide bonds. The standard InChI is InChI=1S/C15H19BrF3N/c1-10-4-2-3-5-11(10)9-20-14-7-6-12(16)8-13(14)15(17,18)19/h6-8,10-11,20H,2-5,9H2,1H3. The van der Waals surface area contributed by atoms with Crippen LogP contribution >= 0.6 is 15.9 Å². The summed E-state index contributed by atoms with van der Waals surface area (Å²) in [4.78, 5) is 0. The van der Waals surface area contributed by atoms with E-state index in [1.54, 1.807) is 6.07 Å². The second-order valence-electron chi connectivity index (χ2n) is 5.59. The van der Waals surface area contributed by atoms with Crippen molar-refractivity contribution in [3.05, 3.63) is 28.2 Å². The van der Waals surface area contributed by atoms with Gasteiger partial charge in [0.25, 0.3) is 0 Å². The van der Waals surface area contributed by atoms with E-state index < -0.39 is 11.7 Å². The molecule has 1 saturated carbocycles. The summed E-state index contributed by atoms with van der Waals surface area (Å²) in [5.41, 5.74) is -0.422. The molecule has 2 rings (SSSR count). The smallest absolute Gasteiger partial charge is 0.384 e. The van der Waals surface area contributed by atoms with Gasteiger partial charge in [0, 0.05) is 16.7 Å². The number of halogens is 4. The second-order valence-corrected chi connectivity index (χ2v) is 6.51. The second kappa shape index (κ2) is 6.37. The van der Waals surface area contributed by atoms with Crippen LogP contribution in [0.5, 0.6) is 0 Å². The number of hydrogen-bond acceptors (Lipinski definition) is 1. The van der Waals surface area contributed by atoms with Crippen molar-refractivity contribution in [2.24, 2.45) is 11.8 Å². The maximum Gasteiger partial charge on any atom is 0.418 e. The molecule has 1 aromatic rings. The van der Waals surface area contributed by atoms with E-state index in [1.807, 2.05) is 0 Å². The number of nitrogens with one attached hydrogen (secondary N) is 1. The molecule has 1 N–H and O–H groups in total. The van der Waals surface area contributed by atoms with E-state index in [2.05, 4.69) is 28.2 Å². The number of benzene rings is 1. The van der Waals surface area contributed by atoms with Gasteiger partial charge in [0.1, 0.15) is 0 Å². The Hall–Kier alpha value is -0.710.